The molecule has 1 aliphatic heterocycles. The van der Waals surface area contributed by atoms with Crippen LogP contribution in [-0.2, 0) is 14.6 Å². The molecule has 0 bridgehead atoms. The molecule has 2 fully saturated rings. The van der Waals surface area contributed by atoms with Crippen molar-refractivity contribution in [3.63, 3.8) is 0 Å². The molecule has 2 rings (SSSR count). The molecule has 0 aromatic heterocycles. The van der Waals surface area contributed by atoms with E-state index in [0.717, 1.165) is 6.42 Å². The Hall–Kier alpha value is -0.130. The smallest absolute Gasteiger partial charge is 0.156 e. The van der Waals surface area contributed by atoms with E-state index in [-0.39, 0.29) is 22.2 Å². The zero-order chi connectivity index (χ0) is 15.2. The van der Waals surface area contributed by atoms with E-state index in [1.165, 1.54) is 0 Å². The highest BCUT2D eigenvalue weighted by Crippen LogP contribution is 2.49. The van der Waals surface area contributed by atoms with E-state index in [4.69, 9.17) is 4.74 Å². The van der Waals surface area contributed by atoms with Crippen molar-refractivity contribution in [2.45, 2.75) is 94.0 Å². The molecule has 1 aliphatic carbocycles. The van der Waals surface area contributed by atoms with Crippen LogP contribution < -0.4 is 0 Å². The van der Waals surface area contributed by atoms with Crippen LogP contribution in [0.25, 0.3) is 0 Å². The van der Waals surface area contributed by atoms with Gasteiger partial charge in [0, 0.05) is 0 Å². The Morgan fingerprint density at radius 1 is 1.45 bits per heavy atom. The van der Waals surface area contributed by atoms with Crippen LogP contribution in [-0.4, -0.2) is 41.3 Å². The van der Waals surface area contributed by atoms with Crippen molar-refractivity contribution >= 4 is 9.84 Å². The van der Waals surface area contributed by atoms with E-state index in [0.29, 0.717) is 32.1 Å². The predicted octanol–water partition coefficient (Wildman–Crippen LogP) is 2.44. The van der Waals surface area contributed by atoms with Crippen LogP contribution in [0, 0.1) is 0 Å². The lowest BCUT2D eigenvalue weighted by Gasteiger charge is -2.28. The van der Waals surface area contributed by atoms with Crippen molar-refractivity contribution in [1.29, 1.82) is 0 Å². The summed E-state index contributed by atoms with van der Waals surface area (Å²) < 4.78 is 31.1. The standard InChI is InChI=1S/C15H28O4S/c1-5-11(6-8-14(2,3)16)20(17,18)12-7-9-15(4)13(10-12)19-15/h11-13,16H,5-10H2,1-4H3. The molecule has 0 amide bonds. The first-order valence-electron chi connectivity index (χ1n) is 7.71. The minimum absolute atomic E-state index is 0.0409. The lowest BCUT2D eigenvalue weighted by atomic mass is 9.90. The van der Waals surface area contributed by atoms with Crippen molar-refractivity contribution in [2.75, 3.05) is 0 Å². The Bertz CT molecular complexity index is 451. The Labute approximate surface area is 122 Å². The Morgan fingerprint density at radius 2 is 2.10 bits per heavy atom. The fraction of sp³-hybridized carbons (Fsp3) is 1.00. The number of hydrogen-bond donors (Lipinski definition) is 1. The summed E-state index contributed by atoms with van der Waals surface area (Å²) in [6.45, 7) is 7.46. The molecule has 4 unspecified atom stereocenters. The Morgan fingerprint density at radius 3 is 2.60 bits per heavy atom. The molecular formula is C15H28O4S. The summed E-state index contributed by atoms with van der Waals surface area (Å²) in [6, 6.07) is 0. The second kappa shape index (κ2) is 5.25. The van der Waals surface area contributed by atoms with Gasteiger partial charge < -0.3 is 9.84 Å². The fourth-order valence-electron chi connectivity index (χ4n) is 3.30. The van der Waals surface area contributed by atoms with E-state index < -0.39 is 15.4 Å². The van der Waals surface area contributed by atoms with Crippen LogP contribution in [0.4, 0.5) is 0 Å². The molecular weight excluding hydrogens is 276 g/mol. The number of ether oxygens (including phenoxy) is 1. The number of epoxide rings is 1. The van der Waals surface area contributed by atoms with Crippen molar-refractivity contribution < 1.29 is 18.3 Å². The van der Waals surface area contributed by atoms with Crippen LogP contribution >= 0.6 is 0 Å². The Balaban J connectivity index is 2.00. The highest BCUT2D eigenvalue weighted by molar-refractivity contribution is 7.92. The second-order valence-electron chi connectivity index (χ2n) is 7.29. The maximum atomic E-state index is 12.8. The van der Waals surface area contributed by atoms with Gasteiger partial charge in [0.05, 0.1) is 27.8 Å². The van der Waals surface area contributed by atoms with Crippen LogP contribution in [0.2, 0.25) is 0 Å². The molecule has 0 spiro atoms. The molecule has 4 atom stereocenters. The predicted molar refractivity (Wildman–Crippen MR) is 79.4 cm³/mol. The van der Waals surface area contributed by atoms with Crippen LogP contribution in [0.1, 0.15) is 66.2 Å². The van der Waals surface area contributed by atoms with E-state index in [1.807, 2.05) is 6.92 Å². The van der Waals surface area contributed by atoms with Crippen LogP contribution in [0.3, 0.4) is 0 Å². The molecule has 1 N–H and O–H groups in total. The van der Waals surface area contributed by atoms with Crippen LogP contribution in [0.5, 0.6) is 0 Å². The van der Waals surface area contributed by atoms with Gasteiger partial charge in [-0.1, -0.05) is 6.92 Å². The van der Waals surface area contributed by atoms with Gasteiger partial charge in [-0.15, -0.1) is 0 Å². The average molecular weight is 304 g/mol. The lowest BCUT2D eigenvalue weighted by molar-refractivity contribution is 0.0684. The molecule has 20 heavy (non-hydrogen) atoms. The summed E-state index contributed by atoms with van der Waals surface area (Å²) in [4.78, 5) is 0. The summed E-state index contributed by atoms with van der Waals surface area (Å²) >= 11 is 0. The first-order chi connectivity index (χ1) is 9.08. The number of fused-ring (bicyclic) bond motifs is 1. The summed E-state index contributed by atoms with van der Waals surface area (Å²) in [5.74, 6) is 0. The Kier molecular flexibility index (Phi) is 4.27. The summed E-state index contributed by atoms with van der Waals surface area (Å²) in [6.07, 6.45) is 4.05. The summed E-state index contributed by atoms with van der Waals surface area (Å²) in [5, 5.41) is 9.22. The van der Waals surface area contributed by atoms with Crippen molar-refractivity contribution in [3.05, 3.63) is 0 Å². The largest absolute Gasteiger partial charge is 0.390 e. The van der Waals surface area contributed by atoms with Crippen LogP contribution in [0.15, 0.2) is 0 Å². The fourth-order valence-corrected chi connectivity index (χ4v) is 5.64. The van der Waals surface area contributed by atoms with Gasteiger partial charge in [0.2, 0.25) is 0 Å². The molecule has 1 saturated carbocycles. The minimum Gasteiger partial charge on any atom is -0.390 e. The summed E-state index contributed by atoms with van der Waals surface area (Å²) in [7, 11) is -3.12. The third-order valence-corrected chi connectivity index (χ3v) is 7.79. The van der Waals surface area contributed by atoms with Crippen molar-refractivity contribution in [1.82, 2.24) is 0 Å². The molecule has 4 nitrogen and oxygen atoms in total. The van der Waals surface area contributed by atoms with Gasteiger partial charge in [-0.3, -0.25) is 0 Å². The number of sulfone groups is 1. The maximum absolute atomic E-state index is 12.8. The molecule has 118 valence electrons. The first kappa shape index (κ1) is 16.2. The molecule has 5 heteroatoms. The molecule has 1 heterocycles. The van der Waals surface area contributed by atoms with Gasteiger partial charge in [0.15, 0.2) is 9.84 Å². The quantitative estimate of drug-likeness (QED) is 0.765. The van der Waals surface area contributed by atoms with Gasteiger partial charge in [-0.2, -0.15) is 0 Å². The zero-order valence-electron chi connectivity index (χ0n) is 13.1. The highest BCUT2D eigenvalue weighted by Gasteiger charge is 2.57. The van der Waals surface area contributed by atoms with Gasteiger partial charge in [0.25, 0.3) is 0 Å². The SMILES string of the molecule is CCC(CCC(C)(C)O)S(=O)(=O)C1CCC2(C)OC2C1. The van der Waals surface area contributed by atoms with Crippen molar-refractivity contribution in [3.8, 4) is 0 Å². The third kappa shape index (κ3) is 3.37. The minimum atomic E-state index is -3.12. The average Bonchev–Trinajstić information content (AvgIpc) is 2.98. The second-order valence-corrected chi connectivity index (χ2v) is 9.80. The number of rotatable bonds is 6. The number of hydrogen-bond acceptors (Lipinski definition) is 4. The van der Waals surface area contributed by atoms with Gasteiger partial charge in [0.1, 0.15) is 0 Å². The zero-order valence-corrected chi connectivity index (χ0v) is 13.9. The van der Waals surface area contributed by atoms with Gasteiger partial charge in [-0.25, -0.2) is 8.42 Å². The first-order valence-corrected chi connectivity index (χ1v) is 9.32. The highest BCUT2D eigenvalue weighted by atomic mass is 32.2. The monoisotopic (exact) mass is 304 g/mol. The molecule has 0 aromatic carbocycles. The van der Waals surface area contributed by atoms with E-state index in [1.54, 1.807) is 13.8 Å². The third-order valence-electron chi connectivity index (χ3n) is 4.94. The van der Waals surface area contributed by atoms with Gasteiger partial charge >= 0.3 is 0 Å². The molecule has 0 aromatic rings. The summed E-state index contributed by atoms with van der Waals surface area (Å²) in [5.41, 5.74) is -0.839. The lowest BCUT2D eigenvalue weighted by Crippen LogP contribution is -2.37. The van der Waals surface area contributed by atoms with E-state index >= 15 is 0 Å². The normalized spacial score (nSPS) is 35.5. The molecule has 1 saturated heterocycles. The van der Waals surface area contributed by atoms with E-state index in [2.05, 4.69) is 6.92 Å². The van der Waals surface area contributed by atoms with Crippen molar-refractivity contribution in [2.24, 2.45) is 0 Å². The van der Waals surface area contributed by atoms with E-state index in [9.17, 15) is 13.5 Å². The number of aliphatic hydroxyl groups is 1. The van der Waals surface area contributed by atoms with Gasteiger partial charge in [-0.05, 0) is 59.3 Å². The maximum Gasteiger partial charge on any atom is 0.156 e. The molecule has 2 aliphatic rings. The topological polar surface area (TPSA) is 66.9 Å². The molecule has 0 radical (unpaired) electrons.